The van der Waals surface area contributed by atoms with Crippen LogP contribution in [0.3, 0.4) is 0 Å². The second kappa shape index (κ2) is 9.59. The van der Waals surface area contributed by atoms with Gasteiger partial charge in [0.2, 0.25) is 5.91 Å². The minimum Gasteiger partial charge on any atom is -0.477 e. The highest BCUT2D eigenvalue weighted by molar-refractivity contribution is 6.02. The average Bonchev–Trinajstić information content (AvgIpc) is 2.72. The number of nitrogens with one attached hydrogen (secondary N) is 3. The van der Waals surface area contributed by atoms with Crippen molar-refractivity contribution < 1.29 is 19.1 Å². The highest BCUT2D eigenvalue weighted by Gasteiger charge is 2.31. The summed E-state index contributed by atoms with van der Waals surface area (Å²) in [7, 11) is 0. The van der Waals surface area contributed by atoms with E-state index >= 15 is 0 Å². The van der Waals surface area contributed by atoms with Crippen LogP contribution in [0.15, 0.2) is 54.6 Å². The van der Waals surface area contributed by atoms with E-state index in [-0.39, 0.29) is 19.0 Å². The van der Waals surface area contributed by atoms with Gasteiger partial charge < -0.3 is 20.3 Å². The summed E-state index contributed by atoms with van der Waals surface area (Å²) in [6.45, 7) is 2.65. The van der Waals surface area contributed by atoms with Crippen LogP contribution in [-0.4, -0.2) is 43.6 Å². The first-order valence-electron chi connectivity index (χ1n) is 9.51. The topological polar surface area (TPSA) is 99.8 Å². The number of benzene rings is 2. The number of carbonyl (C=O) groups is 3. The lowest BCUT2D eigenvalue weighted by Crippen LogP contribution is -2.52. The summed E-state index contributed by atoms with van der Waals surface area (Å²) in [5.74, 6) is -0.187. The quantitative estimate of drug-likeness (QED) is 0.695. The summed E-state index contributed by atoms with van der Waals surface area (Å²) in [4.78, 5) is 38.6. The Labute approximate surface area is 169 Å². The van der Waals surface area contributed by atoms with Gasteiger partial charge in [-0.05, 0) is 30.7 Å². The summed E-state index contributed by atoms with van der Waals surface area (Å²) >= 11 is 0. The van der Waals surface area contributed by atoms with Gasteiger partial charge in [0.15, 0.2) is 6.10 Å². The molecule has 1 aliphatic rings. The molecule has 8 heteroatoms. The zero-order valence-electron chi connectivity index (χ0n) is 16.2. The Morgan fingerprint density at radius 3 is 2.55 bits per heavy atom. The van der Waals surface area contributed by atoms with E-state index in [1.807, 2.05) is 25.1 Å². The molecule has 2 aromatic rings. The van der Waals surface area contributed by atoms with Gasteiger partial charge in [0.25, 0.3) is 5.91 Å². The molecule has 0 aliphatic carbocycles. The van der Waals surface area contributed by atoms with E-state index < -0.39 is 18.0 Å². The minimum atomic E-state index is -0.734. The van der Waals surface area contributed by atoms with Crippen LogP contribution in [-0.2, 0) is 9.59 Å². The lowest BCUT2D eigenvalue weighted by molar-refractivity contribution is -0.128. The number of urea groups is 1. The van der Waals surface area contributed by atoms with Gasteiger partial charge in [-0.25, -0.2) is 4.79 Å². The number of nitrogens with zero attached hydrogens (tertiary/aromatic N) is 1. The molecule has 0 radical (unpaired) electrons. The zero-order chi connectivity index (χ0) is 20.6. The molecule has 0 saturated heterocycles. The standard InChI is InChI=1S/C21H24N4O4/c1-2-12-22-20(27)18-13-25(16-10-6-7-11-17(16)29-18)14-19(26)24-21(28)23-15-8-4-3-5-9-15/h3-11,18H,2,12-14H2,1H3,(H,22,27)(H2,23,24,26,28)/t18-/m1/s1. The fraction of sp³-hybridized carbons (Fsp3) is 0.286. The normalized spacial score (nSPS) is 14.9. The number of hydrogen-bond acceptors (Lipinski definition) is 5. The van der Waals surface area contributed by atoms with Gasteiger partial charge in [-0.2, -0.15) is 0 Å². The third-order valence-electron chi connectivity index (χ3n) is 4.32. The molecule has 0 bridgehead atoms. The molecule has 1 atom stereocenters. The number of hydrogen-bond donors (Lipinski definition) is 3. The summed E-state index contributed by atoms with van der Waals surface area (Å²) in [6, 6.07) is 15.4. The molecular weight excluding hydrogens is 372 g/mol. The van der Waals surface area contributed by atoms with Gasteiger partial charge >= 0.3 is 6.03 Å². The Hall–Kier alpha value is -3.55. The summed E-state index contributed by atoms with van der Waals surface area (Å²) in [5.41, 5.74) is 1.29. The first kappa shape index (κ1) is 20.2. The van der Waals surface area contributed by atoms with E-state index in [2.05, 4.69) is 16.0 Å². The Morgan fingerprint density at radius 1 is 1.07 bits per heavy atom. The summed E-state index contributed by atoms with van der Waals surface area (Å²) in [5, 5.41) is 7.73. The second-order valence-corrected chi connectivity index (χ2v) is 6.61. The predicted octanol–water partition coefficient (Wildman–Crippen LogP) is 2.13. The number of amides is 4. The number of para-hydroxylation sites is 3. The van der Waals surface area contributed by atoms with Crippen molar-refractivity contribution in [3.8, 4) is 5.75 Å². The first-order chi connectivity index (χ1) is 14.1. The number of carbonyl (C=O) groups excluding carboxylic acids is 3. The van der Waals surface area contributed by atoms with Crippen LogP contribution in [0, 0.1) is 0 Å². The maximum absolute atomic E-state index is 12.4. The number of anilines is 2. The van der Waals surface area contributed by atoms with Crippen LogP contribution in [0.1, 0.15) is 13.3 Å². The molecule has 3 rings (SSSR count). The minimum absolute atomic E-state index is 0.0832. The lowest BCUT2D eigenvalue weighted by Gasteiger charge is -2.35. The van der Waals surface area contributed by atoms with Crippen molar-refractivity contribution >= 4 is 29.2 Å². The van der Waals surface area contributed by atoms with Crippen molar-refractivity contribution in [2.45, 2.75) is 19.4 Å². The molecule has 1 heterocycles. The van der Waals surface area contributed by atoms with Gasteiger partial charge in [0.1, 0.15) is 5.75 Å². The Morgan fingerprint density at radius 2 is 1.79 bits per heavy atom. The van der Waals surface area contributed by atoms with Crippen LogP contribution in [0.25, 0.3) is 0 Å². The van der Waals surface area contributed by atoms with Crippen LogP contribution in [0.4, 0.5) is 16.2 Å². The molecule has 1 aliphatic heterocycles. The molecule has 3 N–H and O–H groups in total. The van der Waals surface area contributed by atoms with E-state index in [1.165, 1.54) is 0 Å². The Bertz CT molecular complexity index is 872. The van der Waals surface area contributed by atoms with Crippen molar-refractivity contribution in [3.63, 3.8) is 0 Å². The molecule has 0 fully saturated rings. The summed E-state index contributed by atoms with van der Waals surface area (Å²) in [6.07, 6.45) is 0.0833. The molecule has 29 heavy (non-hydrogen) atoms. The lowest BCUT2D eigenvalue weighted by atomic mass is 10.1. The highest BCUT2D eigenvalue weighted by atomic mass is 16.5. The monoisotopic (exact) mass is 396 g/mol. The van der Waals surface area contributed by atoms with Crippen LogP contribution < -0.4 is 25.6 Å². The first-order valence-corrected chi connectivity index (χ1v) is 9.51. The third kappa shape index (κ3) is 5.47. The maximum Gasteiger partial charge on any atom is 0.325 e. The number of ether oxygens (including phenoxy) is 1. The van der Waals surface area contributed by atoms with Gasteiger partial charge in [-0.1, -0.05) is 37.3 Å². The van der Waals surface area contributed by atoms with Crippen molar-refractivity contribution in [2.75, 3.05) is 29.9 Å². The SMILES string of the molecule is CCCNC(=O)[C@H]1CN(CC(=O)NC(=O)Nc2ccccc2)c2ccccc2O1. The highest BCUT2D eigenvalue weighted by Crippen LogP contribution is 2.32. The molecular formula is C21H24N4O4. The van der Waals surface area contributed by atoms with Gasteiger partial charge in [-0.3, -0.25) is 14.9 Å². The van der Waals surface area contributed by atoms with E-state index in [4.69, 9.17) is 4.74 Å². The number of imide groups is 1. The number of rotatable bonds is 6. The molecule has 0 unspecified atom stereocenters. The zero-order valence-corrected chi connectivity index (χ0v) is 16.2. The molecule has 0 spiro atoms. The van der Waals surface area contributed by atoms with Crippen molar-refractivity contribution in [3.05, 3.63) is 54.6 Å². The van der Waals surface area contributed by atoms with Crippen molar-refractivity contribution in [1.82, 2.24) is 10.6 Å². The third-order valence-corrected chi connectivity index (χ3v) is 4.32. The van der Waals surface area contributed by atoms with E-state index in [0.717, 1.165) is 6.42 Å². The molecule has 4 amide bonds. The van der Waals surface area contributed by atoms with Crippen LogP contribution >= 0.6 is 0 Å². The van der Waals surface area contributed by atoms with Crippen LogP contribution in [0.2, 0.25) is 0 Å². The average molecular weight is 396 g/mol. The second-order valence-electron chi connectivity index (χ2n) is 6.61. The van der Waals surface area contributed by atoms with E-state index in [9.17, 15) is 14.4 Å². The Balaban J connectivity index is 1.64. The summed E-state index contributed by atoms with van der Waals surface area (Å²) < 4.78 is 5.80. The molecule has 8 nitrogen and oxygen atoms in total. The fourth-order valence-corrected chi connectivity index (χ4v) is 2.98. The Kier molecular flexibility index (Phi) is 6.67. The maximum atomic E-state index is 12.4. The fourth-order valence-electron chi connectivity index (χ4n) is 2.98. The van der Waals surface area contributed by atoms with Gasteiger partial charge in [0, 0.05) is 12.2 Å². The van der Waals surface area contributed by atoms with Crippen molar-refractivity contribution in [2.24, 2.45) is 0 Å². The molecule has 2 aromatic carbocycles. The largest absolute Gasteiger partial charge is 0.477 e. The van der Waals surface area contributed by atoms with Gasteiger partial charge in [-0.15, -0.1) is 0 Å². The molecule has 0 aromatic heterocycles. The molecule has 152 valence electrons. The van der Waals surface area contributed by atoms with Crippen LogP contribution in [0.5, 0.6) is 5.75 Å². The van der Waals surface area contributed by atoms with Crippen molar-refractivity contribution in [1.29, 1.82) is 0 Å². The smallest absolute Gasteiger partial charge is 0.325 e. The van der Waals surface area contributed by atoms with Gasteiger partial charge in [0.05, 0.1) is 18.8 Å². The van der Waals surface area contributed by atoms with E-state index in [1.54, 1.807) is 41.3 Å². The molecule has 0 saturated carbocycles. The number of fused-ring (bicyclic) bond motifs is 1. The van der Waals surface area contributed by atoms with E-state index in [0.29, 0.717) is 23.7 Å². The predicted molar refractivity (Wildman–Crippen MR) is 110 cm³/mol.